The van der Waals surface area contributed by atoms with Gasteiger partial charge in [-0.15, -0.1) is 0 Å². The Morgan fingerprint density at radius 3 is 1.81 bits per heavy atom. The molecule has 0 saturated heterocycles. The Labute approximate surface area is 221 Å². The average Bonchev–Trinajstić information content (AvgIpc) is 2.73. The Balaban J connectivity index is 0.00000648. The molecule has 194 valence electrons. The summed E-state index contributed by atoms with van der Waals surface area (Å²) < 4.78 is 92.5. The van der Waals surface area contributed by atoms with E-state index in [1.165, 1.54) is 18.2 Å². The summed E-state index contributed by atoms with van der Waals surface area (Å²) in [5.74, 6) is 1.36. The molecule has 0 heterocycles. The van der Waals surface area contributed by atoms with Crippen LogP contribution in [-0.2, 0) is 12.4 Å². The van der Waals surface area contributed by atoms with Gasteiger partial charge in [0.2, 0.25) is 0 Å². The molecule has 2 aromatic rings. The summed E-state index contributed by atoms with van der Waals surface area (Å²) in [6, 6.07) is 6.13. The number of hydrogen-bond acceptors (Lipinski definition) is 3. The zero-order valence-corrected chi connectivity index (χ0v) is 21.9. The van der Waals surface area contributed by atoms with Crippen molar-refractivity contribution in [3.8, 4) is 11.5 Å². The predicted molar refractivity (Wildman–Crippen MR) is 125 cm³/mol. The number of benzene rings is 2. The Morgan fingerprint density at radius 1 is 0.833 bits per heavy atom. The smallest absolute Gasteiger partial charge is 0.493 e. The van der Waals surface area contributed by atoms with E-state index < -0.39 is 43.1 Å². The Bertz CT molecular complexity index is 974. The van der Waals surface area contributed by atoms with Gasteiger partial charge >= 0.3 is 31.2 Å². The van der Waals surface area contributed by atoms with Crippen LogP contribution >= 0.6 is 8.58 Å². The van der Waals surface area contributed by atoms with Crippen LogP contribution in [0.5, 0.6) is 11.5 Å². The molecule has 0 aliphatic carbocycles. The number of halogens is 6. The van der Waals surface area contributed by atoms with Crippen LogP contribution in [0.3, 0.4) is 0 Å². The van der Waals surface area contributed by atoms with E-state index in [9.17, 15) is 31.1 Å². The summed E-state index contributed by atoms with van der Waals surface area (Å²) in [5.41, 5.74) is -5.87. The molecular weight excluding hydrogens is 500 g/mol. The Morgan fingerprint density at radius 2 is 1.33 bits per heavy atom. The average molecular weight is 529 g/mol. The molecule has 0 N–H and O–H groups in total. The number of rotatable bonds is 11. The van der Waals surface area contributed by atoms with Crippen molar-refractivity contribution in [1.29, 1.82) is 0 Å². The number of ether oxygens (including phenoxy) is 2. The summed E-state index contributed by atoms with van der Waals surface area (Å²) >= 11 is 0. The number of carbonyl (C=O) groups excluding carboxylic acids is 1. The zero-order valence-electron chi connectivity index (χ0n) is 20.9. The van der Waals surface area contributed by atoms with Crippen LogP contribution in [0.15, 0.2) is 36.4 Å². The molecule has 2 rings (SSSR count). The second-order valence-corrected chi connectivity index (χ2v) is 10.1. The standard InChI is InChI=1S/C25H29F6O3P.Li/c1-15(2)10-12-33-17-8-9-21(20(14-17)34-13-11-16(3)4)35-23(32)22-18(24(26,27)28)6-5-7-19(22)25(29,30)31;/h5-9,14-16,35H,10-13H2,1-4H3;/q;+1. The largest absolute Gasteiger partial charge is 1.00 e. The van der Waals surface area contributed by atoms with Crippen molar-refractivity contribution in [1.82, 2.24) is 0 Å². The molecule has 36 heavy (non-hydrogen) atoms. The number of hydrogen-bond donors (Lipinski definition) is 0. The maximum atomic E-state index is 13.5. The van der Waals surface area contributed by atoms with Gasteiger partial charge < -0.3 is 9.47 Å². The van der Waals surface area contributed by atoms with E-state index in [4.69, 9.17) is 9.47 Å². The van der Waals surface area contributed by atoms with Gasteiger partial charge in [0, 0.05) is 16.9 Å². The van der Waals surface area contributed by atoms with Crippen LogP contribution in [0.25, 0.3) is 0 Å². The first-order chi connectivity index (χ1) is 16.2. The van der Waals surface area contributed by atoms with Crippen molar-refractivity contribution in [2.45, 2.75) is 52.9 Å². The van der Waals surface area contributed by atoms with Crippen molar-refractivity contribution in [2.75, 3.05) is 13.2 Å². The van der Waals surface area contributed by atoms with E-state index in [0.29, 0.717) is 48.8 Å². The quantitative estimate of drug-likeness (QED) is 0.240. The van der Waals surface area contributed by atoms with Crippen molar-refractivity contribution >= 4 is 19.4 Å². The monoisotopic (exact) mass is 529 g/mol. The Hall–Kier alpha value is -1.68. The van der Waals surface area contributed by atoms with Gasteiger partial charge in [0.1, 0.15) is 11.5 Å². The van der Waals surface area contributed by atoms with Gasteiger partial charge in [-0.25, -0.2) is 0 Å². The third-order valence-corrected chi connectivity index (χ3v) is 6.18. The molecule has 1 atom stereocenters. The van der Waals surface area contributed by atoms with Gasteiger partial charge in [0.15, 0.2) is 5.52 Å². The number of alkyl halides is 6. The molecule has 1 unspecified atom stereocenters. The molecule has 0 amide bonds. The topological polar surface area (TPSA) is 35.5 Å². The molecule has 0 bridgehead atoms. The third-order valence-electron chi connectivity index (χ3n) is 5.02. The van der Waals surface area contributed by atoms with Crippen molar-refractivity contribution in [2.24, 2.45) is 11.8 Å². The molecule has 2 aromatic carbocycles. The van der Waals surface area contributed by atoms with E-state index in [-0.39, 0.29) is 36.5 Å². The van der Waals surface area contributed by atoms with Gasteiger partial charge in [-0.1, -0.05) is 33.8 Å². The first-order valence-electron chi connectivity index (χ1n) is 11.2. The van der Waals surface area contributed by atoms with Crippen LogP contribution in [0.4, 0.5) is 26.3 Å². The molecule has 11 heteroatoms. The second kappa shape index (κ2) is 13.7. The van der Waals surface area contributed by atoms with E-state index >= 15 is 0 Å². The van der Waals surface area contributed by atoms with Crippen molar-refractivity contribution in [3.63, 3.8) is 0 Å². The molecule has 0 saturated carbocycles. The molecule has 3 nitrogen and oxygen atoms in total. The minimum atomic E-state index is -5.12. The fourth-order valence-corrected chi connectivity index (χ4v) is 4.16. The summed E-state index contributed by atoms with van der Waals surface area (Å²) in [5, 5.41) is 0.208. The van der Waals surface area contributed by atoms with E-state index in [2.05, 4.69) is 0 Å². The maximum Gasteiger partial charge on any atom is 1.00 e. The molecule has 0 spiro atoms. The zero-order chi connectivity index (χ0) is 26.4. The third kappa shape index (κ3) is 9.65. The predicted octanol–water partition coefficient (Wildman–Crippen LogP) is 4.72. The fraction of sp³-hybridized carbons (Fsp3) is 0.480. The van der Waals surface area contributed by atoms with Crippen molar-refractivity contribution < 1.29 is 59.5 Å². The molecule has 0 aliphatic heterocycles. The van der Waals surface area contributed by atoms with Gasteiger partial charge in [0.05, 0.1) is 24.3 Å². The Kier molecular flexibility index (Phi) is 12.3. The second-order valence-electron chi connectivity index (χ2n) is 8.90. The minimum Gasteiger partial charge on any atom is -0.493 e. The summed E-state index contributed by atoms with van der Waals surface area (Å²) in [6.07, 6.45) is -8.78. The van der Waals surface area contributed by atoms with E-state index in [1.807, 2.05) is 27.7 Å². The van der Waals surface area contributed by atoms with E-state index in [1.54, 1.807) is 0 Å². The van der Waals surface area contributed by atoms with Gasteiger partial charge in [0.25, 0.3) is 0 Å². The number of carbonyl (C=O) groups is 1. The first-order valence-corrected chi connectivity index (χ1v) is 12.2. The summed E-state index contributed by atoms with van der Waals surface area (Å²) in [6.45, 7) is 8.73. The van der Waals surface area contributed by atoms with Gasteiger partial charge in [-0.3, -0.25) is 4.79 Å². The van der Waals surface area contributed by atoms with Crippen LogP contribution < -0.4 is 33.6 Å². The molecule has 0 fully saturated rings. The van der Waals surface area contributed by atoms with Gasteiger partial charge in [-0.05, 0) is 57.5 Å². The molecule has 0 aromatic heterocycles. The first kappa shape index (κ1) is 32.3. The van der Waals surface area contributed by atoms with Crippen molar-refractivity contribution in [3.05, 3.63) is 53.1 Å². The van der Waals surface area contributed by atoms with Gasteiger partial charge in [-0.2, -0.15) is 26.3 Å². The van der Waals surface area contributed by atoms with Crippen LogP contribution in [0.1, 0.15) is 62.0 Å². The molecule has 0 radical (unpaired) electrons. The van der Waals surface area contributed by atoms with Crippen LogP contribution in [0.2, 0.25) is 0 Å². The normalized spacial score (nSPS) is 12.3. The van der Waals surface area contributed by atoms with Crippen LogP contribution in [-0.4, -0.2) is 18.7 Å². The SMILES string of the molecule is CC(C)CCOc1ccc(PC(=O)c2c(C(F)(F)F)cccc2C(F)(F)F)c(OCCC(C)C)c1.[Li+]. The van der Waals surface area contributed by atoms with E-state index in [0.717, 1.165) is 6.42 Å². The summed E-state index contributed by atoms with van der Waals surface area (Å²) in [4.78, 5) is 12.9. The maximum absolute atomic E-state index is 13.5. The molecule has 0 aliphatic rings. The van der Waals surface area contributed by atoms with Crippen LogP contribution in [0, 0.1) is 11.8 Å². The minimum absolute atomic E-state index is 0. The fourth-order valence-electron chi connectivity index (χ4n) is 3.09. The molecular formula is C25H29F6LiO3P+. The summed E-state index contributed by atoms with van der Waals surface area (Å²) in [7, 11) is -1.01.